The first-order valence-electron chi connectivity index (χ1n) is 5.89. The van der Waals surface area contributed by atoms with Crippen molar-refractivity contribution in [3.05, 3.63) is 46.7 Å². The highest BCUT2D eigenvalue weighted by atomic mass is 19.4. The Morgan fingerprint density at radius 3 is 2.48 bits per heavy atom. The lowest BCUT2D eigenvalue weighted by molar-refractivity contribution is -0.139. The maximum absolute atomic E-state index is 13.0. The molecule has 0 unspecified atom stereocenters. The van der Waals surface area contributed by atoms with E-state index in [1.54, 1.807) is 0 Å². The molecule has 5 nitrogen and oxygen atoms in total. The fourth-order valence-electron chi connectivity index (χ4n) is 2.22. The zero-order valence-corrected chi connectivity index (χ0v) is 10.8. The molecular weight excluding hydrogens is 289 g/mol. The van der Waals surface area contributed by atoms with E-state index in [-0.39, 0.29) is 16.8 Å². The molecule has 0 radical (unpaired) electrons. The van der Waals surface area contributed by atoms with Crippen molar-refractivity contribution in [2.45, 2.75) is 19.1 Å². The number of carbonyl (C=O) groups is 2. The van der Waals surface area contributed by atoms with Gasteiger partial charge in [-0.3, -0.25) is 0 Å². The first-order chi connectivity index (χ1) is 9.71. The van der Waals surface area contributed by atoms with Crippen LogP contribution < -0.4 is 10.6 Å². The lowest BCUT2D eigenvalue weighted by atomic mass is 9.92. The smallest absolute Gasteiger partial charge is 0.416 e. The standard InChI is InChI=1S/C13H11F3N2O3/c1-6-9(11(19)20)10(18-12(21)17-6)7-4-2-3-5-8(7)13(14,15)16/h2-5,10H,1H3,(H,19,20)(H2,17,18,21)/t10-/m1/s1. The van der Waals surface area contributed by atoms with Gasteiger partial charge in [0.05, 0.1) is 17.2 Å². The lowest BCUT2D eigenvalue weighted by Crippen LogP contribution is -2.45. The van der Waals surface area contributed by atoms with E-state index in [0.717, 1.165) is 12.1 Å². The summed E-state index contributed by atoms with van der Waals surface area (Å²) in [5.41, 5.74) is -1.61. The number of benzene rings is 1. The minimum absolute atomic E-state index is 0.00762. The average Bonchev–Trinajstić information content (AvgIpc) is 2.36. The predicted octanol–water partition coefficient (Wildman–Crippen LogP) is 2.42. The highest BCUT2D eigenvalue weighted by molar-refractivity contribution is 5.93. The molecule has 2 amide bonds. The van der Waals surface area contributed by atoms with Crippen molar-refractivity contribution in [2.75, 3.05) is 0 Å². The number of aliphatic carboxylic acids is 1. The van der Waals surface area contributed by atoms with E-state index < -0.39 is 29.8 Å². The van der Waals surface area contributed by atoms with Crippen LogP contribution in [0.1, 0.15) is 24.1 Å². The molecule has 0 aliphatic carbocycles. The zero-order valence-electron chi connectivity index (χ0n) is 10.8. The van der Waals surface area contributed by atoms with Crippen LogP contribution in [-0.2, 0) is 11.0 Å². The summed E-state index contributed by atoms with van der Waals surface area (Å²) < 4.78 is 39.1. The van der Waals surface area contributed by atoms with Crippen molar-refractivity contribution >= 4 is 12.0 Å². The molecule has 0 bridgehead atoms. The topological polar surface area (TPSA) is 78.4 Å². The van der Waals surface area contributed by atoms with Gasteiger partial charge in [-0.1, -0.05) is 18.2 Å². The van der Waals surface area contributed by atoms with Gasteiger partial charge in [0, 0.05) is 5.70 Å². The first kappa shape index (κ1) is 14.9. The second-order valence-electron chi connectivity index (χ2n) is 4.46. The van der Waals surface area contributed by atoms with Crippen molar-refractivity contribution in [3.63, 3.8) is 0 Å². The number of nitrogens with one attached hydrogen (secondary N) is 2. The zero-order chi connectivity index (χ0) is 15.8. The average molecular weight is 300 g/mol. The largest absolute Gasteiger partial charge is 0.478 e. The van der Waals surface area contributed by atoms with Crippen LogP contribution in [0.3, 0.4) is 0 Å². The number of hydrogen-bond donors (Lipinski definition) is 3. The SMILES string of the molecule is CC1=C(C(=O)O)[C@@H](c2ccccc2C(F)(F)F)NC(=O)N1. The number of hydrogen-bond acceptors (Lipinski definition) is 2. The normalized spacial score (nSPS) is 19.0. The van der Waals surface area contributed by atoms with Crippen LogP contribution >= 0.6 is 0 Å². The molecule has 2 rings (SSSR count). The van der Waals surface area contributed by atoms with Crippen LogP contribution in [0.5, 0.6) is 0 Å². The molecule has 0 saturated carbocycles. The number of halogens is 3. The minimum atomic E-state index is -4.65. The highest BCUT2D eigenvalue weighted by Crippen LogP contribution is 2.37. The molecule has 0 aromatic heterocycles. The van der Waals surface area contributed by atoms with E-state index >= 15 is 0 Å². The van der Waals surface area contributed by atoms with E-state index in [2.05, 4.69) is 10.6 Å². The fraction of sp³-hybridized carbons (Fsp3) is 0.231. The fourth-order valence-corrected chi connectivity index (χ4v) is 2.22. The third-order valence-corrected chi connectivity index (χ3v) is 3.08. The summed E-state index contributed by atoms with van der Waals surface area (Å²) in [7, 11) is 0. The van der Waals surface area contributed by atoms with E-state index in [1.807, 2.05) is 0 Å². The lowest BCUT2D eigenvalue weighted by Gasteiger charge is -2.28. The monoisotopic (exact) mass is 300 g/mol. The number of rotatable bonds is 2. The van der Waals surface area contributed by atoms with Gasteiger partial charge in [-0.15, -0.1) is 0 Å². The van der Waals surface area contributed by atoms with Crippen LogP contribution in [0.2, 0.25) is 0 Å². The Kier molecular flexibility index (Phi) is 3.63. The van der Waals surface area contributed by atoms with Crippen LogP contribution in [0.15, 0.2) is 35.5 Å². The van der Waals surface area contributed by atoms with Crippen LogP contribution in [0, 0.1) is 0 Å². The van der Waals surface area contributed by atoms with E-state index in [9.17, 15) is 27.9 Å². The van der Waals surface area contributed by atoms with Crippen molar-refractivity contribution < 1.29 is 27.9 Å². The van der Waals surface area contributed by atoms with Crippen molar-refractivity contribution in [3.8, 4) is 0 Å². The Bertz CT molecular complexity index is 638. The van der Waals surface area contributed by atoms with Crippen molar-refractivity contribution in [1.29, 1.82) is 0 Å². The molecule has 1 aromatic rings. The van der Waals surface area contributed by atoms with Gasteiger partial charge < -0.3 is 15.7 Å². The Morgan fingerprint density at radius 1 is 1.29 bits per heavy atom. The molecule has 1 aliphatic rings. The number of carbonyl (C=O) groups excluding carboxylic acids is 1. The number of allylic oxidation sites excluding steroid dienone is 1. The van der Waals surface area contributed by atoms with E-state index in [4.69, 9.17) is 0 Å². The van der Waals surface area contributed by atoms with Gasteiger partial charge in [0.25, 0.3) is 0 Å². The summed E-state index contributed by atoms with van der Waals surface area (Å²) in [6.07, 6.45) is -4.65. The van der Waals surface area contributed by atoms with Crippen molar-refractivity contribution in [1.82, 2.24) is 10.6 Å². The summed E-state index contributed by atoms with van der Waals surface area (Å²) in [4.78, 5) is 22.7. The van der Waals surface area contributed by atoms with Gasteiger partial charge in [0.1, 0.15) is 0 Å². The number of amides is 2. The van der Waals surface area contributed by atoms with Gasteiger partial charge in [-0.05, 0) is 18.6 Å². The Balaban J connectivity index is 2.62. The van der Waals surface area contributed by atoms with Crippen LogP contribution in [0.4, 0.5) is 18.0 Å². The Morgan fingerprint density at radius 2 is 1.90 bits per heavy atom. The molecule has 1 aliphatic heterocycles. The molecule has 3 N–H and O–H groups in total. The molecule has 8 heteroatoms. The number of urea groups is 1. The molecule has 1 aromatic carbocycles. The van der Waals surface area contributed by atoms with E-state index in [0.29, 0.717) is 0 Å². The Labute approximate surface area is 117 Å². The molecule has 0 fully saturated rings. The molecule has 0 saturated heterocycles. The number of carboxylic acid groups (broad SMARTS) is 1. The molecule has 0 spiro atoms. The quantitative estimate of drug-likeness (QED) is 0.785. The van der Waals surface area contributed by atoms with Crippen LogP contribution in [-0.4, -0.2) is 17.1 Å². The van der Waals surface area contributed by atoms with Gasteiger partial charge >= 0.3 is 18.2 Å². The summed E-state index contributed by atoms with van der Waals surface area (Å²) in [5.74, 6) is -1.40. The minimum Gasteiger partial charge on any atom is -0.478 e. The Hall–Kier alpha value is -2.51. The summed E-state index contributed by atoms with van der Waals surface area (Å²) in [6.45, 7) is 1.32. The van der Waals surface area contributed by atoms with Crippen molar-refractivity contribution in [2.24, 2.45) is 0 Å². The molecular formula is C13H11F3N2O3. The summed E-state index contributed by atoms with van der Waals surface area (Å²) in [6, 6.07) is 2.43. The van der Waals surface area contributed by atoms with Gasteiger partial charge in [-0.2, -0.15) is 13.2 Å². The van der Waals surface area contributed by atoms with Gasteiger partial charge in [-0.25, -0.2) is 9.59 Å². The van der Waals surface area contributed by atoms with E-state index in [1.165, 1.54) is 19.1 Å². The first-order valence-corrected chi connectivity index (χ1v) is 5.89. The second-order valence-corrected chi connectivity index (χ2v) is 4.46. The number of alkyl halides is 3. The summed E-state index contributed by atoms with van der Waals surface area (Å²) >= 11 is 0. The molecule has 1 heterocycles. The van der Waals surface area contributed by atoms with Gasteiger partial charge in [0.15, 0.2) is 0 Å². The highest BCUT2D eigenvalue weighted by Gasteiger charge is 2.39. The maximum atomic E-state index is 13.0. The van der Waals surface area contributed by atoms with Crippen LogP contribution in [0.25, 0.3) is 0 Å². The van der Waals surface area contributed by atoms with Gasteiger partial charge in [0.2, 0.25) is 0 Å². The molecule has 112 valence electrons. The predicted molar refractivity (Wildman–Crippen MR) is 66.2 cm³/mol. The maximum Gasteiger partial charge on any atom is 0.416 e. The third kappa shape index (κ3) is 2.83. The number of carboxylic acids is 1. The second kappa shape index (κ2) is 5.12. The third-order valence-electron chi connectivity index (χ3n) is 3.08. The molecule has 21 heavy (non-hydrogen) atoms. The summed E-state index contributed by atoms with van der Waals surface area (Å²) in [5, 5.41) is 13.6. The molecule has 1 atom stereocenters.